The van der Waals surface area contributed by atoms with Crippen molar-refractivity contribution >= 4 is 10.0 Å². The van der Waals surface area contributed by atoms with E-state index in [9.17, 15) is 8.42 Å². The van der Waals surface area contributed by atoms with E-state index in [-0.39, 0.29) is 6.54 Å². The quantitative estimate of drug-likeness (QED) is 0.487. The maximum Gasteiger partial charge on any atom is 0.233 e. The van der Waals surface area contributed by atoms with Crippen LogP contribution in [0.15, 0.2) is 12.0 Å². The van der Waals surface area contributed by atoms with Crippen molar-refractivity contribution in [3.05, 3.63) is 12.0 Å². The largest absolute Gasteiger partial charge is 0.390 e. The molecule has 0 radical (unpaired) electrons. The van der Waals surface area contributed by atoms with E-state index in [0.717, 1.165) is 5.41 Å². The molecule has 0 fully saturated rings. The van der Waals surface area contributed by atoms with E-state index in [1.54, 1.807) is 7.05 Å². The van der Waals surface area contributed by atoms with Crippen LogP contribution in [-0.4, -0.2) is 39.8 Å². The van der Waals surface area contributed by atoms with Gasteiger partial charge < -0.3 is 10.4 Å². The van der Waals surface area contributed by atoms with Crippen molar-refractivity contribution in [1.29, 1.82) is 0 Å². The van der Waals surface area contributed by atoms with Crippen LogP contribution in [0.3, 0.4) is 0 Å². The fourth-order valence-corrected chi connectivity index (χ4v) is 1.12. The van der Waals surface area contributed by atoms with E-state index in [1.807, 2.05) is 0 Å². The first-order valence-electron chi connectivity index (χ1n) is 3.46. The third kappa shape index (κ3) is 5.25. The molecule has 3 N–H and O–H groups in total. The Kier molecular flexibility index (Phi) is 5.07. The third-order valence-electron chi connectivity index (χ3n) is 1.18. The minimum absolute atomic E-state index is 0.00477. The lowest BCUT2D eigenvalue weighted by atomic mass is 10.4. The van der Waals surface area contributed by atoms with Crippen LogP contribution in [-0.2, 0) is 10.0 Å². The van der Waals surface area contributed by atoms with E-state index in [0.29, 0.717) is 6.54 Å². The van der Waals surface area contributed by atoms with Crippen LogP contribution < -0.4 is 10.0 Å². The van der Waals surface area contributed by atoms with Crippen LogP contribution >= 0.6 is 0 Å². The first-order chi connectivity index (χ1) is 5.52. The van der Waals surface area contributed by atoms with E-state index < -0.39 is 16.1 Å². The SMILES string of the molecule is C=CS(=O)(=O)NCC(O)CNC. The molecule has 1 atom stereocenters. The van der Waals surface area contributed by atoms with Crippen LogP contribution in [0.4, 0.5) is 0 Å². The van der Waals surface area contributed by atoms with Gasteiger partial charge in [-0.1, -0.05) is 6.58 Å². The Morgan fingerprint density at radius 2 is 2.17 bits per heavy atom. The molecule has 0 spiro atoms. The molecular formula is C6H14N2O3S. The average Bonchev–Trinajstić information content (AvgIpc) is 2.02. The summed E-state index contributed by atoms with van der Waals surface area (Å²) in [7, 11) is -1.73. The highest BCUT2D eigenvalue weighted by Gasteiger charge is 2.07. The number of hydrogen-bond acceptors (Lipinski definition) is 4. The summed E-state index contributed by atoms with van der Waals surface area (Å²) in [4.78, 5) is 0. The van der Waals surface area contributed by atoms with Crippen molar-refractivity contribution in [3.8, 4) is 0 Å². The number of rotatable bonds is 6. The molecule has 0 bridgehead atoms. The zero-order valence-corrected chi connectivity index (χ0v) is 7.76. The summed E-state index contributed by atoms with van der Waals surface area (Å²) in [5, 5.41) is 12.6. The number of aliphatic hydroxyl groups is 1. The third-order valence-corrected chi connectivity index (χ3v) is 2.19. The van der Waals surface area contributed by atoms with Gasteiger partial charge in [-0.25, -0.2) is 13.1 Å². The van der Waals surface area contributed by atoms with Crippen LogP contribution in [0.1, 0.15) is 0 Å². The van der Waals surface area contributed by atoms with Crippen LogP contribution in [0.2, 0.25) is 0 Å². The minimum Gasteiger partial charge on any atom is -0.390 e. The summed E-state index contributed by atoms with van der Waals surface area (Å²) in [5.74, 6) is 0. The normalized spacial score (nSPS) is 14.2. The van der Waals surface area contributed by atoms with Gasteiger partial charge in [-0.15, -0.1) is 0 Å². The lowest BCUT2D eigenvalue weighted by Crippen LogP contribution is -2.36. The van der Waals surface area contributed by atoms with Crippen molar-refractivity contribution < 1.29 is 13.5 Å². The van der Waals surface area contributed by atoms with Crippen LogP contribution in [0.25, 0.3) is 0 Å². The number of sulfonamides is 1. The lowest BCUT2D eigenvalue weighted by Gasteiger charge is -2.09. The summed E-state index contributed by atoms with van der Waals surface area (Å²) in [6, 6.07) is 0. The van der Waals surface area contributed by atoms with Gasteiger partial charge in [-0.3, -0.25) is 0 Å². The molecule has 0 aliphatic rings. The molecule has 0 aliphatic carbocycles. The molecule has 1 unspecified atom stereocenters. The molecule has 0 rings (SSSR count). The Morgan fingerprint density at radius 3 is 2.58 bits per heavy atom. The highest BCUT2D eigenvalue weighted by molar-refractivity contribution is 7.92. The van der Waals surface area contributed by atoms with Crippen molar-refractivity contribution in [2.45, 2.75) is 6.10 Å². The Bertz CT molecular complexity index is 225. The van der Waals surface area contributed by atoms with Crippen LogP contribution in [0, 0.1) is 0 Å². The topological polar surface area (TPSA) is 78.4 Å². The molecule has 5 nitrogen and oxygen atoms in total. The van der Waals surface area contributed by atoms with E-state index in [1.165, 1.54) is 0 Å². The van der Waals surface area contributed by atoms with E-state index >= 15 is 0 Å². The Balaban J connectivity index is 3.75. The molecular weight excluding hydrogens is 180 g/mol. The minimum atomic E-state index is -3.41. The average molecular weight is 194 g/mol. The Labute approximate surface area is 72.5 Å². The van der Waals surface area contributed by atoms with Crippen molar-refractivity contribution in [2.24, 2.45) is 0 Å². The highest BCUT2D eigenvalue weighted by atomic mass is 32.2. The molecule has 0 aliphatic heterocycles. The molecule has 0 saturated carbocycles. The highest BCUT2D eigenvalue weighted by Crippen LogP contribution is 1.85. The van der Waals surface area contributed by atoms with Gasteiger partial charge in [0.15, 0.2) is 0 Å². The summed E-state index contributed by atoms with van der Waals surface area (Å²) in [5.41, 5.74) is 0. The second-order valence-electron chi connectivity index (χ2n) is 2.27. The van der Waals surface area contributed by atoms with Gasteiger partial charge in [0.2, 0.25) is 10.0 Å². The summed E-state index contributed by atoms with van der Waals surface area (Å²) < 4.78 is 23.7. The first-order valence-corrected chi connectivity index (χ1v) is 5.01. The standard InChI is InChI=1S/C6H14N2O3S/c1-3-12(10,11)8-5-6(9)4-7-2/h3,6-9H,1,4-5H2,2H3. The molecule has 12 heavy (non-hydrogen) atoms. The fraction of sp³-hybridized carbons (Fsp3) is 0.667. The second-order valence-corrected chi connectivity index (χ2v) is 3.98. The summed E-state index contributed by atoms with van der Waals surface area (Å²) >= 11 is 0. The maximum absolute atomic E-state index is 10.7. The summed E-state index contributed by atoms with van der Waals surface area (Å²) in [6.45, 7) is 3.45. The van der Waals surface area contributed by atoms with Gasteiger partial charge in [0.05, 0.1) is 6.10 Å². The van der Waals surface area contributed by atoms with Gasteiger partial charge in [0.25, 0.3) is 0 Å². The van der Waals surface area contributed by atoms with Crippen LogP contribution in [0.5, 0.6) is 0 Å². The van der Waals surface area contributed by atoms with E-state index in [2.05, 4.69) is 16.6 Å². The van der Waals surface area contributed by atoms with E-state index in [4.69, 9.17) is 5.11 Å². The van der Waals surface area contributed by atoms with Gasteiger partial charge in [-0.05, 0) is 7.05 Å². The smallest absolute Gasteiger partial charge is 0.233 e. The predicted octanol–water partition coefficient (Wildman–Crippen LogP) is -1.37. The zero-order chi connectivity index (χ0) is 9.61. The number of nitrogens with one attached hydrogen (secondary N) is 2. The van der Waals surface area contributed by atoms with Crippen molar-refractivity contribution in [3.63, 3.8) is 0 Å². The number of likely N-dealkylation sites (N-methyl/N-ethyl adjacent to an activating group) is 1. The zero-order valence-electron chi connectivity index (χ0n) is 6.95. The molecule has 0 amide bonds. The molecule has 0 heterocycles. The lowest BCUT2D eigenvalue weighted by molar-refractivity contribution is 0.178. The first kappa shape index (κ1) is 11.6. The molecule has 0 aromatic carbocycles. The molecule has 0 saturated heterocycles. The number of hydrogen-bond donors (Lipinski definition) is 3. The van der Waals surface area contributed by atoms with Gasteiger partial charge >= 0.3 is 0 Å². The van der Waals surface area contributed by atoms with Gasteiger partial charge in [0, 0.05) is 18.5 Å². The summed E-state index contributed by atoms with van der Waals surface area (Å²) in [6.07, 6.45) is -0.718. The second kappa shape index (κ2) is 5.26. The molecule has 0 aromatic heterocycles. The van der Waals surface area contributed by atoms with Gasteiger partial charge in [0.1, 0.15) is 0 Å². The monoisotopic (exact) mass is 194 g/mol. The van der Waals surface area contributed by atoms with Crippen molar-refractivity contribution in [1.82, 2.24) is 10.0 Å². The predicted molar refractivity (Wildman–Crippen MR) is 47.1 cm³/mol. The van der Waals surface area contributed by atoms with Crippen molar-refractivity contribution in [2.75, 3.05) is 20.1 Å². The maximum atomic E-state index is 10.7. The van der Waals surface area contributed by atoms with Gasteiger partial charge in [-0.2, -0.15) is 0 Å². The Hall–Kier alpha value is -0.430. The molecule has 6 heteroatoms. The number of aliphatic hydroxyl groups excluding tert-OH is 1. The fourth-order valence-electron chi connectivity index (χ4n) is 0.579. The Morgan fingerprint density at radius 1 is 1.58 bits per heavy atom. The molecule has 72 valence electrons. The molecule has 0 aromatic rings.